The number of anilines is 1. The van der Waals surface area contributed by atoms with E-state index in [0.717, 1.165) is 5.56 Å². The van der Waals surface area contributed by atoms with E-state index in [2.05, 4.69) is 26.1 Å². The Hall–Kier alpha value is -1.56. The molecule has 0 saturated heterocycles. The summed E-state index contributed by atoms with van der Waals surface area (Å²) >= 11 is 0. The van der Waals surface area contributed by atoms with Crippen molar-refractivity contribution in [3.63, 3.8) is 0 Å². The minimum absolute atomic E-state index is 0.0174. The molecular weight excluding hydrogens is 300 g/mol. The van der Waals surface area contributed by atoms with E-state index in [1.165, 1.54) is 10.6 Å². The minimum Gasteiger partial charge on any atom is -0.354 e. The van der Waals surface area contributed by atoms with Crippen LogP contribution in [0.4, 0.5) is 5.69 Å². The molecule has 0 atom stereocenters. The SMILES string of the molecule is CCC(=O)NCCN(c1ccc(C(C)(C)C)cc1)S(C)(=O)=O. The molecule has 0 heterocycles. The molecule has 1 aromatic rings. The van der Waals surface area contributed by atoms with Gasteiger partial charge >= 0.3 is 0 Å². The largest absolute Gasteiger partial charge is 0.354 e. The highest BCUT2D eigenvalue weighted by Crippen LogP contribution is 2.25. The molecule has 22 heavy (non-hydrogen) atoms. The number of carbonyl (C=O) groups is 1. The Morgan fingerprint density at radius 1 is 1.18 bits per heavy atom. The highest BCUT2D eigenvalue weighted by atomic mass is 32.2. The van der Waals surface area contributed by atoms with Gasteiger partial charge in [0.05, 0.1) is 18.5 Å². The van der Waals surface area contributed by atoms with Crippen molar-refractivity contribution in [2.75, 3.05) is 23.7 Å². The Bertz CT molecular complexity index is 601. The second kappa shape index (κ2) is 7.13. The van der Waals surface area contributed by atoms with E-state index in [-0.39, 0.29) is 17.9 Å². The van der Waals surface area contributed by atoms with Crippen LogP contribution in [0.15, 0.2) is 24.3 Å². The molecule has 0 aliphatic rings. The van der Waals surface area contributed by atoms with Gasteiger partial charge in [-0.05, 0) is 23.1 Å². The van der Waals surface area contributed by atoms with Crippen molar-refractivity contribution in [1.29, 1.82) is 0 Å². The third-order valence-electron chi connectivity index (χ3n) is 3.38. The molecule has 0 unspecified atom stereocenters. The van der Waals surface area contributed by atoms with Gasteiger partial charge in [-0.1, -0.05) is 39.8 Å². The summed E-state index contributed by atoms with van der Waals surface area (Å²) < 4.78 is 25.3. The van der Waals surface area contributed by atoms with E-state index >= 15 is 0 Å². The lowest BCUT2D eigenvalue weighted by molar-refractivity contribution is -0.120. The lowest BCUT2D eigenvalue weighted by Crippen LogP contribution is -2.38. The van der Waals surface area contributed by atoms with Gasteiger partial charge in [0.15, 0.2) is 0 Å². The first-order valence-corrected chi connectivity index (χ1v) is 9.25. The maximum atomic E-state index is 12.0. The first-order chi connectivity index (χ1) is 10.1. The van der Waals surface area contributed by atoms with Crippen molar-refractivity contribution in [1.82, 2.24) is 5.32 Å². The lowest BCUT2D eigenvalue weighted by atomic mass is 9.87. The number of rotatable bonds is 6. The minimum atomic E-state index is -3.39. The topological polar surface area (TPSA) is 66.5 Å². The van der Waals surface area contributed by atoms with Gasteiger partial charge in [0.25, 0.3) is 0 Å². The second-order valence-corrected chi connectivity index (χ2v) is 8.24. The van der Waals surface area contributed by atoms with Crippen LogP contribution in [0.5, 0.6) is 0 Å². The van der Waals surface area contributed by atoms with Crippen LogP contribution in [0.1, 0.15) is 39.7 Å². The summed E-state index contributed by atoms with van der Waals surface area (Å²) in [5, 5.41) is 2.70. The van der Waals surface area contributed by atoms with Crippen LogP contribution in [-0.2, 0) is 20.2 Å². The number of amides is 1. The van der Waals surface area contributed by atoms with Crippen LogP contribution in [0.3, 0.4) is 0 Å². The summed E-state index contributed by atoms with van der Waals surface area (Å²) in [6.07, 6.45) is 1.56. The molecule has 0 saturated carbocycles. The molecule has 1 rings (SSSR count). The zero-order valence-corrected chi connectivity index (χ0v) is 14.8. The van der Waals surface area contributed by atoms with Crippen LogP contribution in [0, 0.1) is 0 Å². The summed E-state index contributed by atoms with van der Waals surface area (Å²) in [6, 6.07) is 7.50. The van der Waals surface area contributed by atoms with Gasteiger partial charge < -0.3 is 5.32 Å². The van der Waals surface area contributed by atoms with Gasteiger partial charge in [-0.25, -0.2) is 8.42 Å². The van der Waals surface area contributed by atoms with E-state index in [0.29, 0.717) is 18.7 Å². The van der Waals surface area contributed by atoms with Crippen LogP contribution >= 0.6 is 0 Å². The Labute approximate surface area is 133 Å². The number of carbonyl (C=O) groups excluding carboxylic acids is 1. The molecule has 5 nitrogen and oxygen atoms in total. The summed E-state index contributed by atoms with van der Waals surface area (Å²) in [5.41, 5.74) is 1.77. The molecule has 0 aliphatic heterocycles. The molecule has 0 fully saturated rings. The first kappa shape index (κ1) is 18.5. The maximum absolute atomic E-state index is 12.0. The standard InChI is InChI=1S/C16H26N2O3S/c1-6-15(19)17-11-12-18(22(5,20)21)14-9-7-13(8-10-14)16(2,3)4/h7-10H,6,11-12H2,1-5H3,(H,17,19). The highest BCUT2D eigenvalue weighted by Gasteiger charge is 2.19. The number of sulfonamides is 1. The Morgan fingerprint density at radius 3 is 2.14 bits per heavy atom. The average Bonchev–Trinajstić information content (AvgIpc) is 2.41. The molecule has 124 valence electrons. The summed E-state index contributed by atoms with van der Waals surface area (Å²) in [6.45, 7) is 8.60. The molecule has 1 aromatic carbocycles. The second-order valence-electron chi connectivity index (χ2n) is 6.34. The van der Waals surface area contributed by atoms with Gasteiger partial charge in [0, 0.05) is 13.0 Å². The molecule has 0 aliphatic carbocycles. The number of benzene rings is 1. The zero-order chi connectivity index (χ0) is 17.0. The molecule has 1 amide bonds. The molecule has 0 bridgehead atoms. The predicted octanol–water partition coefficient (Wildman–Crippen LogP) is 2.28. The average molecular weight is 326 g/mol. The Kier molecular flexibility index (Phi) is 6.00. The van der Waals surface area contributed by atoms with Crippen molar-refractivity contribution >= 4 is 21.6 Å². The number of hydrogen-bond donors (Lipinski definition) is 1. The Morgan fingerprint density at radius 2 is 1.73 bits per heavy atom. The van der Waals surface area contributed by atoms with Crippen LogP contribution in [0.2, 0.25) is 0 Å². The van der Waals surface area contributed by atoms with Gasteiger partial charge in [0.2, 0.25) is 15.9 Å². The normalized spacial score (nSPS) is 12.0. The first-order valence-electron chi connectivity index (χ1n) is 7.40. The molecule has 1 N–H and O–H groups in total. The van der Waals surface area contributed by atoms with Crippen molar-refractivity contribution in [2.45, 2.75) is 39.5 Å². The van der Waals surface area contributed by atoms with E-state index in [9.17, 15) is 13.2 Å². The van der Waals surface area contributed by atoms with E-state index in [4.69, 9.17) is 0 Å². The number of hydrogen-bond acceptors (Lipinski definition) is 3. The molecule has 0 radical (unpaired) electrons. The summed E-state index contributed by atoms with van der Waals surface area (Å²) in [7, 11) is -3.39. The zero-order valence-electron chi connectivity index (χ0n) is 14.0. The van der Waals surface area contributed by atoms with Crippen molar-refractivity contribution in [2.24, 2.45) is 0 Å². The van der Waals surface area contributed by atoms with E-state index < -0.39 is 10.0 Å². The van der Waals surface area contributed by atoms with Gasteiger partial charge in [-0.2, -0.15) is 0 Å². The van der Waals surface area contributed by atoms with Gasteiger partial charge in [0.1, 0.15) is 0 Å². The fourth-order valence-electron chi connectivity index (χ4n) is 2.04. The highest BCUT2D eigenvalue weighted by molar-refractivity contribution is 7.92. The quantitative estimate of drug-likeness (QED) is 0.872. The fourth-order valence-corrected chi connectivity index (χ4v) is 2.96. The monoisotopic (exact) mass is 326 g/mol. The predicted molar refractivity (Wildman–Crippen MR) is 90.6 cm³/mol. The third-order valence-corrected chi connectivity index (χ3v) is 4.57. The summed E-state index contributed by atoms with van der Waals surface area (Å²) in [4.78, 5) is 11.3. The van der Waals surface area contributed by atoms with Crippen molar-refractivity contribution in [3.05, 3.63) is 29.8 Å². The van der Waals surface area contributed by atoms with Crippen molar-refractivity contribution in [3.8, 4) is 0 Å². The summed E-state index contributed by atoms with van der Waals surface area (Å²) in [5.74, 6) is -0.0865. The van der Waals surface area contributed by atoms with Crippen LogP contribution in [0.25, 0.3) is 0 Å². The lowest BCUT2D eigenvalue weighted by Gasteiger charge is -2.24. The van der Waals surface area contributed by atoms with Gasteiger partial charge in [-0.3, -0.25) is 9.10 Å². The molecule has 0 aromatic heterocycles. The smallest absolute Gasteiger partial charge is 0.232 e. The maximum Gasteiger partial charge on any atom is 0.232 e. The molecule has 0 spiro atoms. The molecule has 6 heteroatoms. The van der Waals surface area contributed by atoms with E-state index in [1.54, 1.807) is 6.92 Å². The number of nitrogens with zero attached hydrogens (tertiary/aromatic N) is 1. The number of nitrogens with one attached hydrogen (secondary N) is 1. The van der Waals surface area contributed by atoms with Crippen LogP contribution < -0.4 is 9.62 Å². The third kappa shape index (κ3) is 5.33. The fraction of sp³-hybridized carbons (Fsp3) is 0.562. The Balaban J connectivity index is 2.91. The molecular formula is C16H26N2O3S. The van der Waals surface area contributed by atoms with Crippen LogP contribution in [-0.4, -0.2) is 33.7 Å². The van der Waals surface area contributed by atoms with E-state index in [1.807, 2.05) is 24.3 Å². The van der Waals surface area contributed by atoms with Crippen molar-refractivity contribution < 1.29 is 13.2 Å². The van der Waals surface area contributed by atoms with Gasteiger partial charge in [-0.15, -0.1) is 0 Å².